The maximum Gasteiger partial charge on any atom is 0.0544 e. The van der Waals surface area contributed by atoms with E-state index in [4.69, 9.17) is 0 Å². The Morgan fingerprint density at radius 1 is 1.32 bits per heavy atom. The molecule has 5 heteroatoms. The second-order valence-corrected chi connectivity index (χ2v) is 4.74. The van der Waals surface area contributed by atoms with Gasteiger partial charge in [0, 0.05) is 25.5 Å². The Labute approximate surface area is 114 Å². The fourth-order valence-corrected chi connectivity index (χ4v) is 2.12. The first-order valence-electron chi connectivity index (χ1n) is 6.77. The van der Waals surface area contributed by atoms with E-state index in [9.17, 15) is 0 Å². The molecule has 0 aliphatic heterocycles. The number of rotatable bonds is 7. The van der Waals surface area contributed by atoms with Gasteiger partial charge in [0.1, 0.15) is 0 Å². The third kappa shape index (κ3) is 4.13. The van der Waals surface area contributed by atoms with E-state index in [0.29, 0.717) is 6.04 Å². The molecule has 5 nitrogen and oxygen atoms in total. The summed E-state index contributed by atoms with van der Waals surface area (Å²) in [6.07, 6.45) is 10.8. The van der Waals surface area contributed by atoms with Crippen molar-refractivity contribution in [3.05, 3.63) is 42.0 Å². The molecule has 0 amide bonds. The van der Waals surface area contributed by atoms with Crippen molar-refractivity contribution in [3.8, 4) is 0 Å². The molecule has 102 valence electrons. The molecular weight excluding hydrogens is 238 g/mol. The van der Waals surface area contributed by atoms with E-state index in [2.05, 4.69) is 33.7 Å². The molecule has 1 atom stereocenters. The molecule has 1 N–H and O–H groups in total. The Kier molecular flexibility index (Phi) is 5.03. The molecule has 2 rings (SSSR count). The van der Waals surface area contributed by atoms with Crippen molar-refractivity contribution in [1.82, 2.24) is 25.3 Å². The van der Waals surface area contributed by atoms with E-state index >= 15 is 0 Å². The van der Waals surface area contributed by atoms with Gasteiger partial charge in [0.05, 0.1) is 12.4 Å². The minimum absolute atomic E-state index is 0.329. The van der Waals surface area contributed by atoms with Crippen LogP contribution in [0.2, 0.25) is 0 Å². The van der Waals surface area contributed by atoms with Gasteiger partial charge in [-0.1, -0.05) is 6.92 Å². The quantitative estimate of drug-likeness (QED) is 0.825. The molecule has 19 heavy (non-hydrogen) atoms. The predicted molar refractivity (Wildman–Crippen MR) is 74.6 cm³/mol. The van der Waals surface area contributed by atoms with Gasteiger partial charge in [-0.3, -0.25) is 4.68 Å². The minimum Gasteiger partial charge on any atom is -0.310 e. The number of hydrogen-bond donors (Lipinski definition) is 1. The summed E-state index contributed by atoms with van der Waals surface area (Å²) in [6, 6.07) is 2.36. The van der Waals surface area contributed by atoms with Crippen LogP contribution in [0, 0.1) is 0 Å². The van der Waals surface area contributed by atoms with Crippen molar-refractivity contribution in [1.29, 1.82) is 0 Å². The molecule has 0 radical (unpaired) electrons. The summed E-state index contributed by atoms with van der Waals surface area (Å²) in [5.41, 5.74) is 2.47. The van der Waals surface area contributed by atoms with E-state index in [1.165, 1.54) is 11.1 Å². The lowest BCUT2D eigenvalue weighted by molar-refractivity contribution is 0.497. The molecular formula is C14H21N5. The van der Waals surface area contributed by atoms with Gasteiger partial charge in [-0.15, -0.1) is 0 Å². The average Bonchev–Trinajstić information content (AvgIpc) is 2.86. The smallest absolute Gasteiger partial charge is 0.0544 e. The fraction of sp³-hybridized carbons (Fsp3) is 0.500. The van der Waals surface area contributed by atoms with Gasteiger partial charge in [0.25, 0.3) is 0 Å². The largest absolute Gasteiger partial charge is 0.310 e. The summed E-state index contributed by atoms with van der Waals surface area (Å²) in [5, 5.41) is 15.6. The molecule has 0 aliphatic rings. The van der Waals surface area contributed by atoms with E-state index in [1.54, 1.807) is 6.20 Å². The maximum absolute atomic E-state index is 4.20. The summed E-state index contributed by atoms with van der Waals surface area (Å²) < 4.78 is 1.85. The van der Waals surface area contributed by atoms with Crippen LogP contribution in [-0.4, -0.2) is 26.5 Å². The third-order valence-corrected chi connectivity index (χ3v) is 3.13. The van der Waals surface area contributed by atoms with Crippen LogP contribution in [-0.2, 0) is 13.5 Å². The third-order valence-electron chi connectivity index (χ3n) is 3.13. The van der Waals surface area contributed by atoms with Crippen molar-refractivity contribution in [3.63, 3.8) is 0 Å². The highest BCUT2D eigenvalue weighted by molar-refractivity contribution is 5.13. The first-order valence-corrected chi connectivity index (χ1v) is 6.77. The van der Waals surface area contributed by atoms with Crippen LogP contribution in [0.3, 0.4) is 0 Å². The number of nitrogens with one attached hydrogen (secondary N) is 1. The molecule has 0 fully saturated rings. The van der Waals surface area contributed by atoms with Crippen LogP contribution in [0.15, 0.2) is 30.9 Å². The summed E-state index contributed by atoms with van der Waals surface area (Å²) in [5.74, 6) is 0. The summed E-state index contributed by atoms with van der Waals surface area (Å²) in [6.45, 7) is 3.19. The van der Waals surface area contributed by atoms with Gasteiger partial charge in [-0.2, -0.15) is 15.3 Å². The highest BCUT2D eigenvalue weighted by Crippen LogP contribution is 2.17. The van der Waals surface area contributed by atoms with E-state index < -0.39 is 0 Å². The second kappa shape index (κ2) is 6.99. The van der Waals surface area contributed by atoms with Crippen molar-refractivity contribution in [2.45, 2.75) is 32.2 Å². The lowest BCUT2D eigenvalue weighted by Crippen LogP contribution is -2.22. The highest BCUT2D eigenvalue weighted by Gasteiger charge is 2.11. The zero-order valence-electron chi connectivity index (χ0n) is 11.6. The fourth-order valence-electron chi connectivity index (χ4n) is 2.12. The average molecular weight is 259 g/mol. The SMILES string of the molecule is CCCNC(CCc1cnn(C)c1)c1ccnnc1. The summed E-state index contributed by atoms with van der Waals surface area (Å²) in [7, 11) is 1.95. The van der Waals surface area contributed by atoms with Crippen molar-refractivity contribution in [2.75, 3.05) is 6.54 Å². The Morgan fingerprint density at radius 2 is 2.21 bits per heavy atom. The van der Waals surface area contributed by atoms with Gasteiger partial charge in [0.2, 0.25) is 0 Å². The van der Waals surface area contributed by atoms with Crippen molar-refractivity contribution >= 4 is 0 Å². The van der Waals surface area contributed by atoms with Crippen LogP contribution >= 0.6 is 0 Å². The normalized spacial score (nSPS) is 12.5. The molecule has 1 unspecified atom stereocenters. The molecule has 0 aliphatic carbocycles. The van der Waals surface area contributed by atoms with Crippen LogP contribution in [0.5, 0.6) is 0 Å². The molecule has 2 heterocycles. The summed E-state index contributed by atoms with van der Waals surface area (Å²) >= 11 is 0. The molecule has 2 aromatic rings. The number of aryl methyl sites for hydroxylation is 2. The van der Waals surface area contributed by atoms with Gasteiger partial charge >= 0.3 is 0 Å². The highest BCUT2D eigenvalue weighted by atomic mass is 15.2. The van der Waals surface area contributed by atoms with Gasteiger partial charge in [0.15, 0.2) is 0 Å². The molecule has 0 aromatic carbocycles. The Hall–Kier alpha value is -1.75. The lowest BCUT2D eigenvalue weighted by Gasteiger charge is -2.18. The topological polar surface area (TPSA) is 55.6 Å². The Bertz CT molecular complexity index is 480. The minimum atomic E-state index is 0.329. The zero-order valence-corrected chi connectivity index (χ0v) is 11.6. The monoisotopic (exact) mass is 259 g/mol. The number of hydrogen-bond acceptors (Lipinski definition) is 4. The van der Waals surface area contributed by atoms with Crippen molar-refractivity contribution in [2.24, 2.45) is 7.05 Å². The molecule has 2 aromatic heterocycles. The molecule has 0 saturated carbocycles. The Balaban J connectivity index is 1.97. The van der Waals surface area contributed by atoms with Crippen LogP contribution in [0.1, 0.15) is 36.9 Å². The predicted octanol–water partition coefficient (Wildman–Crippen LogP) is 1.88. The van der Waals surface area contributed by atoms with Crippen LogP contribution in [0.25, 0.3) is 0 Å². The molecule has 0 spiro atoms. The first-order chi connectivity index (χ1) is 9.29. The molecule has 0 saturated heterocycles. The maximum atomic E-state index is 4.20. The van der Waals surface area contributed by atoms with Crippen LogP contribution in [0.4, 0.5) is 0 Å². The van der Waals surface area contributed by atoms with Gasteiger partial charge in [-0.25, -0.2) is 0 Å². The first kappa shape index (κ1) is 13.7. The summed E-state index contributed by atoms with van der Waals surface area (Å²) in [4.78, 5) is 0. The number of nitrogens with zero attached hydrogens (tertiary/aromatic N) is 4. The van der Waals surface area contributed by atoms with E-state index in [1.807, 2.05) is 30.2 Å². The second-order valence-electron chi connectivity index (χ2n) is 4.74. The van der Waals surface area contributed by atoms with E-state index in [0.717, 1.165) is 25.8 Å². The standard InChI is InChI=1S/C14H21N5/c1-3-7-15-14(13-6-8-16-17-10-13)5-4-12-9-18-19(2)11-12/h6,8-11,14-15H,3-5,7H2,1-2H3. The zero-order chi connectivity index (χ0) is 13.5. The van der Waals surface area contributed by atoms with E-state index in [-0.39, 0.29) is 0 Å². The Morgan fingerprint density at radius 3 is 2.84 bits per heavy atom. The number of aromatic nitrogens is 4. The molecule has 0 bridgehead atoms. The van der Waals surface area contributed by atoms with Gasteiger partial charge in [-0.05, 0) is 43.0 Å². The lowest BCUT2D eigenvalue weighted by atomic mass is 10.0. The van der Waals surface area contributed by atoms with Gasteiger partial charge < -0.3 is 5.32 Å². The van der Waals surface area contributed by atoms with Crippen molar-refractivity contribution < 1.29 is 0 Å². The van der Waals surface area contributed by atoms with Crippen LogP contribution < -0.4 is 5.32 Å².